The molecule has 0 fully saturated rings. The van der Waals surface area contributed by atoms with Gasteiger partial charge >= 0.3 is 0 Å². The molecule has 0 aliphatic rings. The number of methoxy groups -OCH3 is 2. The van der Waals surface area contributed by atoms with Crippen LogP contribution in [0.3, 0.4) is 0 Å². The lowest BCUT2D eigenvalue weighted by molar-refractivity contribution is -0.116. The van der Waals surface area contributed by atoms with Crippen molar-refractivity contribution in [3.05, 3.63) is 119 Å². The lowest BCUT2D eigenvalue weighted by Gasteiger charge is -2.15. The maximum Gasteiger partial charge on any atom is 0.272 e. The molecule has 250 valence electrons. The van der Waals surface area contributed by atoms with Crippen LogP contribution in [0.2, 0.25) is 0 Å². The zero-order valence-corrected chi connectivity index (χ0v) is 28.6. The van der Waals surface area contributed by atoms with Crippen LogP contribution in [0.4, 0.5) is 10.8 Å². The van der Waals surface area contributed by atoms with Gasteiger partial charge in [-0.1, -0.05) is 43.3 Å². The molecule has 1 heterocycles. The maximum absolute atomic E-state index is 13.6. The fourth-order valence-corrected chi connectivity index (χ4v) is 6.42. The zero-order valence-electron chi connectivity index (χ0n) is 26.9. The summed E-state index contributed by atoms with van der Waals surface area (Å²) in [7, 11) is 3.05. The summed E-state index contributed by atoms with van der Waals surface area (Å²) in [5, 5.41) is 20.3. The molecule has 5 rings (SSSR count). The number of anilines is 2. The van der Waals surface area contributed by atoms with Crippen LogP contribution >= 0.6 is 23.1 Å². The first-order valence-corrected chi connectivity index (χ1v) is 17.0. The Hall–Kier alpha value is -5.59. The number of thiazole rings is 1. The van der Waals surface area contributed by atoms with Gasteiger partial charge in [0.25, 0.3) is 11.8 Å². The van der Waals surface area contributed by atoms with Crippen molar-refractivity contribution in [3.8, 4) is 28.5 Å². The molecule has 0 radical (unpaired) electrons. The minimum atomic E-state index is -0.582. The van der Waals surface area contributed by atoms with E-state index in [0.717, 1.165) is 21.9 Å². The molecule has 12 heteroatoms. The molecule has 1 atom stereocenters. The van der Waals surface area contributed by atoms with E-state index in [-0.39, 0.29) is 17.4 Å². The third kappa shape index (κ3) is 9.28. The predicted molar refractivity (Wildman–Crippen MR) is 194 cm³/mol. The van der Waals surface area contributed by atoms with E-state index in [9.17, 15) is 19.5 Å². The van der Waals surface area contributed by atoms with E-state index in [4.69, 9.17) is 9.47 Å². The minimum Gasteiger partial charge on any atom is -0.508 e. The Morgan fingerprint density at radius 1 is 0.918 bits per heavy atom. The molecule has 0 saturated carbocycles. The summed E-state index contributed by atoms with van der Waals surface area (Å²) in [6.45, 7) is 1.93. The Labute approximate surface area is 292 Å². The number of rotatable bonds is 13. The van der Waals surface area contributed by atoms with E-state index in [2.05, 4.69) is 20.9 Å². The van der Waals surface area contributed by atoms with Gasteiger partial charge in [0, 0.05) is 38.7 Å². The molecule has 0 aliphatic carbocycles. The van der Waals surface area contributed by atoms with Crippen LogP contribution in [-0.2, 0) is 9.59 Å². The second kappa shape index (κ2) is 16.5. The number of ether oxygens (including phenoxy) is 2. The van der Waals surface area contributed by atoms with Gasteiger partial charge in [-0.05, 0) is 67.1 Å². The highest BCUT2D eigenvalue weighted by Gasteiger charge is 2.21. The monoisotopic (exact) mass is 694 g/mol. The molecule has 0 bridgehead atoms. The highest BCUT2D eigenvalue weighted by atomic mass is 32.2. The van der Waals surface area contributed by atoms with Crippen molar-refractivity contribution in [2.45, 2.75) is 23.5 Å². The van der Waals surface area contributed by atoms with E-state index in [1.165, 1.54) is 48.4 Å². The van der Waals surface area contributed by atoms with E-state index in [1.54, 1.807) is 61.7 Å². The van der Waals surface area contributed by atoms with Gasteiger partial charge in [0.1, 0.15) is 22.9 Å². The van der Waals surface area contributed by atoms with Crippen molar-refractivity contribution < 1.29 is 29.0 Å². The number of nitrogens with one attached hydrogen (secondary N) is 3. The van der Waals surface area contributed by atoms with Crippen LogP contribution in [0.25, 0.3) is 17.3 Å². The van der Waals surface area contributed by atoms with Gasteiger partial charge in [0.15, 0.2) is 5.13 Å². The Morgan fingerprint density at radius 3 is 2.47 bits per heavy atom. The van der Waals surface area contributed by atoms with Gasteiger partial charge in [0.2, 0.25) is 5.91 Å². The minimum absolute atomic E-state index is 0.00802. The highest BCUT2D eigenvalue weighted by Crippen LogP contribution is 2.31. The second-order valence-corrected chi connectivity index (χ2v) is 12.7. The number of carbonyl (C=O) groups is 3. The lowest BCUT2D eigenvalue weighted by Crippen LogP contribution is -2.30. The molecule has 10 nitrogen and oxygen atoms in total. The van der Waals surface area contributed by atoms with Crippen LogP contribution in [0.1, 0.15) is 29.3 Å². The molecule has 4 N–H and O–H groups in total. The first-order valence-electron chi connectivity index (χ1n) is 15.2. The summed E-state index contributed by atoms with van der Waals surface area (Å²) in [5.41, 5.74) is 2.88. The molecular weight excluding hydrogens is 661 g/mol. The summed E-state index contributed by atoms with van der Waals surface area (Å²) in [5.74, 6) is -0.218. The lowest BCUT2D eigenvalue weighted by atomic mass is 10.1. The Balaban J connectivity index is 1.30. The first kappa shape index (κ1) is 34.7. The third-order valence-electron chi connectivity index (χ3n) is 7.18. The summed E-state index contributed by atoms with van der Waals surface area (Å²) in [4.78, 5) is 45.3. The smallest absolute Gasteiger partial charge is 0.272 e. The van der Waals surface area contributed by atoms with E-state index >= 15 is 0 Å². The van der Waals surface area contributed by atoms with Crippen LogP contribution in [0.5, 0.6) is 17.2 Å². The fourth-order valence-electron chi connectivity index (χ4n) is 4.68. The SMILES string of the molecule is CCC(Sc1cccc(NC(=O)/C(=C\c2ccc(O)cc2OC)NC(=O)c2ccccc2)c1)C(=O)Nc1nc(-c2cccc(OC)c2)cs1. The number of nitrogens with zero attached hydrogens (tertiary/aromatic N) is 1. The molecule has 1 aromatic heterocycles. The molecular formula is C37H34N4O6S2. The van der Waals surface area contributed by atoms with Gasteiger partial charge in [-0.3, -0.25) is 14.4 Å². The molecule has 4 aromatic carbocycles. The zero-order chi connectivity index (χ0) is 34.8. The molecule has 3 amide bonds. The summed E-state index contributed by atoms with van der Waals surface area (Å²) in [6, 6.07) is 27.6. The van der Waals surface area contributed by atoms with Crippen LogP contribution in [0.15, 0.2) is 113 Å². The summed E-state index contributed by atoms with van der Waals surface area (Å²) < 4.78 is 10.7. The van der Waals surface area contributed by atoms with Crippen molar-refractivity contribution in [2.75, 3.05) is 24.9 Å². The molecule has 0 saturated heterocycles. The topological polar surface area (TPSA) is 139 Å². The Bertz CT molecular complexity index is 1980. The van der Waals surface area contributed by atoms with E-state index in [1.807, 2.05) is 42.6 Å². The average molecular weight is 695 g/mol. The second-order valence-electron chi connectivity index (χ2n) is 10.6. The average Bonchev–Trinajstić information content (AvgIpc) is 3.59. The first-order chi connectivity index (χ1) is 23.8. The van der Waals surface area contributed by atoms with Crippen LogP contribution in [0, 0.1) is 0 Å². The van der Waals surface area contributed by atoms with Gasteiger partial charge in [-0.2, -0.15) is 0 Å². The number of thioether (sulfide) groups is 1. The van der Waals surface area contributed by atoms with E-state index < -0.39 is 17.1 Å². The number of aromatic hydroxyl groups is 1. The number of aromatic nitrogens is 1. The normalized spacial score (nSPS) is 11.7. The van der Waals surface area contributed by atoms with Crippen molar-refractivity contribution in [1.82, 2.24) is 10.3 Å². The molecule has 0 aliphatic heterocycles. The molecule has 0 spiro atoms. The van der Waals surface area contributed by atoms with Gasteiger partial charge in [0.05, 0.1) is 25.2 Å². The number of benzene rings is 4. The fraction of sp³-hybridized carbons (Fsp3) is 0.135. The molecule has 1 unspecified atom stereocenters. The third-order valence-corrected chi connectivity index (χ3v) is 9.29. The largest absolute Gasteiger partial charge is 0.508 e. The Kier molecular flexibility index (Phi) is 11.7. The van der Waals surface area contributed by atoms with Crippen LogP contribution < -0.4 is 25.4 Å². The maximum atomic E-state index is 13.6. The highest BCUT2D eigenvalue weighted by molar-refractivity contribution is 8.00. The van der Waals surface area contributed by atoms with Crippen molar-refractivity contribution >= 4 is 57.7 Å². The number of hydrogen-bond acceptors (Lipinski definition) is 9. The molecule has 5 aromatic rings. The van der Waals surface area contributed by atoms with Crippen LogP contribution in [-0.4, -0.2) is 47.3 Å². The van der Waals surface area contributed by atoms with Gasteiger partial charge < -0.3 is 30.5 Å². The summed E-state index contributed by atoms with van der Waals surface area (Å²) in [6.07, 6.45) is 2.02. The standard InChI is InChI=1S/C37H34N4O6S2/c1-4-33(36(45)41-37-40-31(22-48-37)24-12-8-14-28(18-24)46-2)49-29-15-9-13-26(20-29)38-35(44)30(39-34(43)23-10-6-5-7-11-23)19-25-16-17-27(42)21-32(25)47-3/h5-22,33,42H,4H2,1-3H3,(H,38,44)(H,39,43)(H,40,41,45)/b30-19+. The number of phenolic OH excluding ortho intramolecular Hbond substituents is 1. The van der Waals surface area contributed by atoms with Crippen molar-refractivity contribution in [1.29, 1.82) is 0 Å². The molecule has 49 heavy (non-hydrogen) atoms. The van der Waals surface area contributed by atoms with Gasteiger partial charge in [-0.25, -0.2) is 4.98 Å². The van der Waals surface area contributed by atoms with Gasteiger partial charge in [-0.15, -0.1) is 23.1 Å². The van der Waals surface area contributed by atoms with Crippen molar-refractivity contribution in [2.24, 2.45) is 0 Å². The number of hydrogen-bond donors (Lipinski definition) is 4. The quantitative estimate of drug-likeness (QED) is 0.0737. The Morgan fingerprint density at radius 2 is 1.71 bits per heavy atom. The van der Waals surface area contributed by atoms with Crippen molar-refractivity contribution in [3.63, 3.8) is 0 Å². The number of phenols is 1. The number of amides is 3. The number of carbonyl (C=O) groups excluding carboxylic acids is 3. The summed E-state index contributed by atoms with van der Waals surface area (Å²) >= 11 is 2.71. The predicted octanol–water partition coefficient (Wildman–Crippen LogP) is 7.45. The van der Waals surface area contributed by atoms with E-state index in [0.29, 0.717) is 34.1 Å².